The molecule has 8 heteroatoms. The lowest BCUT2D eigenvalue weighted by Crippen LogP contribution is -2.40. The Balaban J connectivity index is 1.40. The number of alkyl halides is 2. The van der Waals surface area contributed by atoms with E-state index in [1.165, 1.54) is 4.90 Å². The highest BCUT2D eigenvalue weighted by Crippen LogP contribution is 2.58. The summed E-state index contributed by atoms with van der Waals surface area (Å²) in [5.74, 6) is -0.589. The Morgan fingerprint density at radius 1 is 1.31 bits per heavy atom. The molecule has 6 nitrogen and oxygen atoms in total. The van der Waals surface area contributed by atoms with E-state index in [4.69, 9.17) is 4.42 Å². The molecular formula is C18H20F2N4O2. The molecule has 0 radical (unpaired) electrons. The van der Waals surface area contributed by atoms with Crippen LogP contribution in [-0.2, 0) is 4.79 Å². The molecule has 1 saturated carbocycles. The molecule has 1 N–H and O–H groups in total. The molecular weight excluding hydrogens is 342 g/mol. The van der Waals surface area contributed by atoms with Gasteiger partial charge in [-0.3, -0.25) is 4.79 Å². The number of anilines is 1. The third-order valence-corrected chi connectivity index (χ3v) is 5.37. The summed E-state index contributed by atoms with van der Waals surface area (Å²) in [4.78, 5) is 14.2. The zero-order valence-corrected chi connectivity index (χ0v) is 14.4. The molecule has 2 atom stereocenters. The van der Waals surface area contributed by atoms with Gasteiger partial charge in [0.2, 0.25) is 18.2 Å². The highest BCUT2D eigenvalue weighted by Gasteiger charge is 2.59. The molecule has 4 rings (SSSR count). The number of amides is 1. The minimum Gasteiger partial charge on any atom is -0.403 e. The summed E-state index contributed by atoms with van der Waals surface area (Å²) < 4.78 is 32.0. The van der Waals surface area contributed by atoms with E-state index in [0.717, 1.165) is 18.4 Å². The Hall–Kier alpha value is -2.51. The molecule has 2 fully saturated rings. The van der Waals surface area contributed by atoms with E-state index >= 15 is 0 Å². The lowest BCUT2D eigenvalue weighted by Gasteiger charge is -2.21. The van der Waals surface area contributed by atoms with E-state index < -0.39 is 18.4 Å². The molecule has 2 aromatic rings. The summed E-state index contributed by atoms with van der Waals surface area (Å²) in [6.45, 7) is 2.19. The first-order valence-electron chi connectivity index (χ1n) is 8.71. The van der Waals surface area contributed by atoms with Gasteiger partial charge in [-0.1, -0.05) is 23.3 Å². The zero-order chi connectivity index (χ0) is 18.3. The fourth-order valence-corrected chi connectivity index (χ4v) is 3.70. The molecule has 2 heterocycles. The van der Waals surface area contributed by atoms with Gasteiger partial charge in [-0.2, -0.15) is 0 Å². The smallest absolute Gasteiger partial charge is 0.316 e. The third kappa shape index (κ3) is 3.04. The maximum Gasteiger partial charge on any atom is 0.316 e. The Labute approximate surface area is 149 Å². The molecule has 26 heavy (non-hydrogen) atoms. The van der Waals surface area contributed by atoms with Crippen LogP contribution in [-0.4, -0.2) is 46.6 Å². The first-order chi connectivity index (χ1) is 12.5. The lowest BCUT2D eigenvalue weighted by molar-refractivity contribution is -0.131. The second-order valence-corrected chi connectivity index (χ2v) is 7.17. The SMILES string of the molecule is CC(Nc1nnc(-c2ccccc2)o1)C(=O)N1CC(C(F)F)C2(CC2)C1. The van der Waals surface area contributed by atoms with E-state index in [2.05, 4.69) is 15.5 Å². The van der Waals surface area contributed by atoms with Crippen LogP contribution in [0.15, 0.2) is 34.7 Å². The predicted molar refractivity (Wildman–Crippen MR) is 90.6 cm³/mol. The Morgan fingerprint density at radius 2 is 2.04 bits per heavy atom. The normalized spacial score (nSPS) is 22.0. The number of likely N-dealkylation sites (tertiary alicyclic amines) is 1. The van der Waals surface area contributed by atoms with Crippen LogP contribution in [0.1, 0.15) is 19.8 Å². The summed E-state index contributed by atoms with van der Waals surface area (Å²) >= 11 is 0. The van der Waals surface area contributed by atoms with Crippen LogP contribution < -0.4 is 5.32 Å². The molecule has 1 aromatic heterocycles. The summed E-state index contributed by atoms with van der Waals surface area (Å²) in [6, 6.07) is 8.79. The summed E-state index contributed by atoms with van der Waals surface area (Å²) in [6.07, 6.45) is -0.835. The van der Waals surface area contributed by atoms with Gasteiger partial charge in [-0.25, -0.2) is 8.78 Å². The summed E-state index contributed by atoms with van der Waals surface area (Å²) in [5, 5.41) is 10.8. The number of hydrogen-bond donors (Lipinski definition) is 1. The van der Waals surface area contributed by atoms with Gasteiger partial charge in [0.15, 0.2) is 0 Å². The molecule has 0 bridgehead atoms. The second kappa shape index (κ2) is 6.34. The van der Waals surface area contributed by atoms with Gasteiger partial charge in [0.25, 0.3) is 0 Å². The first kappa shape index (κ1) is 16.9. The Kier molecular flexibility index (Phi) is 4.13. The maximum atomic E-state index is 13.2. The number of halogens is 2. The number of nitrogens with zero attached hydrogens (tertiary/aromatic N) is 3. The minimum atomic E-state index is -2.39. The standard InChI is InChI=1S/C18H20F2N4O2/c1-11(16(25)24-9-13(14(19)20)18(10-24)7-8-18)21-17-23-22-15(26-17)12-5-3-2-4-6-12/h2-6,11,13-14H,7-10H2,1H3,(H,21,23). The van der Waals surface area contributed by atoms with E-state index in [1.807, 2.05) is 30.3 Å². The van der Waals surface area contributed by atoms with Crippen molar-refractivity contribution in [1.29, 1.82) is 0 Å². The molecule has 2 unspecified atom stereocenters. The monoisotopic (exact) mass is 362 g/mol. The van der Waals surface area contributed by atoms with Crippen molar-refractivity contribution in [1.82, 2.24) is 15.1 Å². The highest BCUT2D eigenvalue weighted by molar-refractivity contribution is 5.84. The van der Waals surface area contributed by atoms with E-state index in [0.29, 0.717) is 12.4 Å². The molecule has 138 valence electrons. The number of nitrogens with one attached hydrogen (secondary N) is 1. The van der Waals surface area contributed by atoms with Crippen molar-refractivity contribution in [3.05, 3.63) is 30.3 Å². The van der Waals surface area contributed by atoms with Gasteiger partial charge >= 0.3 is 6.01 Å². The minimum absolute atomic E-state index is 0.113. The van der Waals surface area contributed by atoms with Gasteiger partial charge < -0.3 is 14.6 Å². The fourth-order valence-electron chi connectivity index (χ4n) is 3.70. The van der Waals surface area contributed by atoms with Gasteiger partial charge in [-0.15, -0.1) is 5.10 Å². The predicted octanol–water partition coefficient (Wildman–Crippen LogP) is 3.04. The Bertz CT molecular complexity index is 791. The molecule has 1 aromatic carbocycles. The van der Waals surface area contributed by atoms with Gasteiger partial charge in [0.1, 0.15) is 6.04 Å². The second-order valence-electron chi connectivity index (χ2n) is 7.17. The lowest BCUT2D eigenvalue weighted by atomic mass is 9.93. The average molecular weight is 362 g/mol. The quantitative estimate of drug-likeness (QED) is 0.885. The summed E-state index contributed by atoms with van der Waals surface area (Å²) in [5.41, 5.74) is 0.413. The van der Waals surface area contributed by atoms with Crippen LogP contribution >= 0.6 is 0 Å². The van der Waals surface area contributed by atoms with Crippen molar-refractivity contribution in [2.45, 2.75) is 32.2 Å². The number of aromatic nitrogens is 2. The first-order valence-corrected chi connectivity index (χ1v) is 8.71. The van der Waals surface area contributed by atoms with Crippen molar-refractivity contribution in [3.8, 4) is 11.5 Å². The summed E-state index contributed by atoms with van der Waals surface area (Å²) in [7, 11) is 0. The maximum absolute atomic E-state index is 13.2. The van der Waals surface area contributed by atoms with E-state index in [9.17, 15) is 13.6 Å². The number of benzene rings is 1. The molecule has 1 saturated heterocycles. The number of hydrogen-bond acceptors (Lipinski definition) is 5. The Morgan fingerprint density at radius 3 is 2.65 bits per heavy atom. The van der Waals surface area contributed by atoms with Crippen molar-refractivity contribution >= 4 is 11.9 Å². The fraction of sp³-hybridized carbons (Fsp3) is 0.500. The van der Waals surface area contributed by atoms with E-state index in [1.54, 1.807) is 6.92 Å². The molecule has 1 aliphatic carbocycles. The van der Waals surface area contributed by atoms with Crippen molar-refractivity contribution in [2.24, 2.45) is 11.3 Å². The van der Waals surface area contributed by atoms with Crippen LogP contribution in [0.4, 0.5) is 14.8 Å². The van der Waals surface area contributed by atoms with Crippen LogP contribution in [0.2, 0.25) is 0 Å². The van der Waals surface area contributed by atoms with Crippen LogP contribution in [0.3, 0.4) is 0 Å². The highest BCUT2D eigenvalue weighted by atomic mass is 19.3. The van der Waals surface area contributed by atoms with Crippen molar-refractivity contribution in [3.63, 3.8) is 0 Å². The molecule has 2 aliphatic rings. The van der Waals surface area contributed by atoms with Crippen LogP contribution in [0.25, 0.3) is 11.5 Å². The zero-order valence-electron chi connectivity index (χ0n) is 14.4. The van der Waals surface area contributed by atoms with Crippen molar-refractivity contribution in [2.75, 3.05) is 18.4 Å². The van der Waals surface area contributed by atoms with Crippen LogP contribution in [0, 0.1) is 11.3 Å². The largest absolute Gasteiger partial charge is 0.403 e. The molecule has 1 spiro atoms. The van der Waals surface area contributed by atoms with Crippen molar-refractivity contribution < 1.29 is 18.0 Å². The van der Waals surface area contributed by atoms with Gasteiger partial charge in [-0.05, 0) is 37.3 Å². The van der Waals surface area contributed by atoms with Gasteiger partial charge in [0, 0.05) is 24.6 Å². The van der Waals surface area contributed by atoms with Gasteiger partial charge in [0.05, 0.1) is 0 Å². The third-order valence-electron chi connectivity index (χ3n) is 5.37. The van der Waals surface area contributed by atoms with Crippen LogP contribution in [0.5, 0.6) is 0 Å². The van der Waals surface area contributed by atoms with E-state index in [-0.39, 0.29) is 23.9 Å². The number of rotatable bonds is 5. The number of carbonyl (C=O) groups is 1. The average Bonchev–Trinajstić information content (AvgIpc) is 3.08. The topological polar surface area (TPSA) is 71.3 Å². The molecule has 1 aliphatic heterocycles. The molecule has 1 amide bonds. The number of carbonyl (C=O) groups excluding carboxylic acids is 1.